The zero-order valence-corrected chi connectivity index (χ0v) is 29.0. The van der Waals surface area contributed by atoms with E-state index in [1.54, 1.807) is 0 Å². The smallest absolute Gasteiger partial charge is 0.179 e. The maximum Gasteiger partial charge on any atom is 0.179 e. The molecule has 0 aliphatic carbocycles. The summed E-state index contributed by atoms with van der Waals surface area (Å²) in [5.74, 6) is 0. The number of benzene rings is 8. The molecule has 0 saturated heterocycles. The fraction of sp³-hybridized carbons (Fsp3) is 0. The third-order valence-electron chi connectivity index (χ3n) is 11.4. The molecule has 0 spiro atoms. The molecule has 4 heteroatoms. The van der Waals surface area contributed by atoms with Crippen LogP contribution in [0.5, 0.6) is 0 Å². The van der Waals surface area contributed by atoms with Crippen molar-refractivity contribution in [3.63, 3.8) is 0 Å². The third-order valence-corrected chi connectivity index (χ3v) is 16.2. The number of hydrogen-bond donors (Lipinski definition) is 0. The molecule has 242 valence electrons. The maximum absolute atomic E-state index is 6.50. The van der Waals surface area contributed by atoms with Gasteiger partial charge in [-0.05, 0) is 45.0 Å². The summed E-state index contributed by atoms with van der Waals surface area (Å²) in [6.45, 7) is 0. The van der Waals surface area contributed by atoms with E-state index in [2.05, 4.69) is 168 Å². The Kier molecular flexibility index (Phi) is 5.53. The van der Waals surface area contributed by atoms with Crippen LogP contribution in [0.15, 0.2) is 185 Å². The zero-order valence-electron chi connectivity index (χ0n) is 28.0. The van der Waals surface area contributed by atoms with Gasteiger partial charge in [-0.3, -0.25) is 0 Å². The lowest BCUT2D eigenvalue weighted by molar-refractivity contribution is 0.669. The van der Waals surface area contributed by atoms with E-state index in [4.69, 9.17) is 8.83 Å². The fourth-order valence-corrected chi connectivity index (χ4v) is 14.1. The van der Waals surface area contributed by atoms with Crippen molar-refractivity contribution in [2.75, 3.05) is 0 Å². The Hall–Kier alpha value is -6.62. The van der Waals surface area contributed by atoms with Gasteiger partial charge < -0.3 is 13.2 Å². The van der Waals surface area contributed by atoms with Gasteiger partial charge >= 0.3 is 0 Å². The van der Waals surface area contributed by atoms with E-state index in [1.165, 1.54) is 47.8 Å². The van der Waals surface area contributed by atoms with E-state index in [0.717, 1.165) is 54.9 Å². The lowest BCUT2D eigenvalue weighted by Crippen LogP contribution is -2.74. The molecule has 0 atom stereocenters. The van der Waals surface area contributed by atoms with Gasteiger partial charge in [0.1, 0.15) is 22.3 Å². The summed E-state index contributed by atoms with van der Waals surface area (Å²) in [5, 5.41) is 15.0. The van der Waals surface area contributed by atoms with Crippen molar-refractivity contribution in [3.8, 4) is 0 Å². The van der Waals surface area contributed by atoms with Crippen molar-refractivity contribution < 1.29 is 8.83 Å². The van der Waals surface area contributed by atoms with Gasteiger partial charge in [0.05, 0.1) is 16.6 Å². The number of nitrogens with zero attached hydrogens (tertiary/aromatic N) is 1. The summed E-state index contributed by atoms with van der Waals surface area (Å²) in [6.07, 6.45) is 0. The minimum Gasteiger partial charge on any atom is -0.456 e. The minimum absolute atomic E-state index is 0.898. The second-order valence-corrected chi connectivity index (χ2v) is 17.8. The van der Waals surface area contributed by atoms with E-state index < -0.39 is 8.07 Å². The molecule has 0 N–H and O–H groups in total. The standard InChI is InChI=1S/C48H29NO2Si/c1-4-14-30(15-5-1)52(31-16-6-2-7-17-31,32-18-8-3-9-19-32)33-24-40-36-26-38-34-20-10-12-22-44(34)50-46(38)28-42(36)49-43-29-47-39(27-37(43)41(25-33)48(40)49)35-21-11-13-23-45(35)51-47/h1-29H. The SMILES string of the molecule is c1ccc([Si](c2ccccc2)(c2ccccc2)c2cc3c4cc5c(cc4n4c6cc7oc8ccccc8c7cc6c(c2)c34)oc2ccccc25)cc1. The van der Waals surface area contributed by atoms with Crippen LogP contribution in [0.25, 0.3) is 82.0 Å². The van der Waals surface area contributed by atoms with Crippen molar-refractivity contribution in [2.24, 2.45) is 0 Å². The summed E-state index contributed by atoms with van der Waals surface area (Å²) < 4.78 is 15.4. The first-order chi connectivity index (χ1) is 25.8. The van der Waals surface area contributed by atoms with Crippen LogP contribution >= 0.6 is 0 Å². The molecule has 12 rings (SSSR count). The van der Waals surface area contributed by atoms with Gasteiger partial charge in [-0.1, -0.05) is 140 Å². The molecule has 4 aromatic heterocycles. The molecule has 0 radical (unpaired) electrons. The maximum atomic E-state index is 6.50. The summed E-state index contributed by atoms with van der Waals surface area (Å²) in [5.41, 5.74) is 7.13. The van der Waals surface area contributed by atoms with Gasteiger partial charge in [0, 0.05) is 55.2 Å². The second-order valence-electron chi connectivity index (χ2n) is 14.0. The summed E-state index contributed by atoms with van der Waals surface area (Å²) in [6, 6.07) is 64.7. The topological polar surface area (TPSA) is 30.7 Å². The highest BCUT2D eigenvalue weighted by Crippen LogP contribution is 2.44. The molecule has 0 aliphatic heterocycles. The quantitative estimate of drug-likeness (QED) is 0.137. The Balaban J connectivity index is 1.32. The molecule has 0 bridgehead atoms. The third kappa shape index (κ3) is 3.59. The number of rotatable bonds is 4. The largest absolute Gasteiger partial charge is 0.456 e. The van der Waals surface area contributed by atoms with Crippen molar-refractivity contribution >= 4 is 111 Å². The highest BCUT2D eigenvalue weighted by Gasteiger charge is 2.42. The Bertz CT molecular complexity index is 3080. The molecular formula is C48H29NO2Si. The van der Waals surface area contributed by atoms with Crippen LogP contribution in [0.1, 0.15) is 0 Å². The van der Waals surface area contributed by atoms with Gasteiger partial charge in [-0.2, -0.15) is 0 Å². The molecule has 8 aromatic carbocycles. The molecule has 3 nitrogen and oxygen atoms in total. The number of aromatic nitrogens is 1. The predicted molar refractivity (Wildman–Crippen MR) is 219 cm³/mol. The van der Waals surface area contributed by atoms with Gasteiger partial charge in [0.25, 0.3) is 0 Å². The lowest BCUT2D eigenvalue weighted by Gasteiger charge is -2.34. The van der Waals surface area contributed by atoms with Crippen LogP contribution in [-0.4, -0.2) is 12.5 Å². The first kappa shape index (κ1) is 28.1. The van der Waals surface area contributed by atoms with Crippen LogP contribution in [0.2, 0.25) is 0 Å². The number of hydrogen-bond acceptors (Lipinski definition) is 2. The summed E-state index contributed by atoms with van der Waals surface area (Å²) in [4.78, 5) is 0. The van der Waals surface area contributed by atoms with E-state index >= 15 is 0 Å². The highest BCUT2D eigenvalue weighted by atomic mass is 28.3. The predicted octanol–water partition coefficient (Wildman–Crippen LogP) is 10.0. The van der Waals surface area contributed by atoms with E-state index in [1.807, 2.05) is 12.1 Å². The Morgan fingerprint density at radius 3 is 1.15 bits per heavy atom. The van der Waals surface area contributed by atoms with Crippen LogP contribution < -0.4 is 20.7 Å². The number of fused-ring (bicyclic) bond motifs is 12. The molecule has 0 aliphatic rings. The molecule has 0 fully saturated rings. The normalized spacial score (nSPS) is 12.6. The first-order valence-electron chi connectivity index (χ1n) is 17.8. The molecule has 0 amide bonds. The van der Waals surface area contributed by atoms with E-state index in [-0.39, 0.29) is 0 Å². The molecule has 52 heavy (non-hydrogen) atoms. The number of para-hydroxylation sites is 2. The van der Waals surface area contributed by atoms with Crippen LogP contribution in [0.3, 0.4) is 0 Å². The average Bonchev–Trinajstić information content (AvgIpc) is 3.94. The zero-order chi connectivity index (χ0) is 34.0. The van der Waals surface area contributed by atoms with Gasteiger partial charge in [0.2, 0.25) is 0 Å². The van der Waals surface area contributed by atoms with Crippen LogP contribution in [0, 0.1) is 0 Å². The molecule has 12 aromatic rings. The van der Waals surface area contributed by atoms with E-state index in [0.29, 0.717) is 0 Å². The summed E-state index contributed by atoms with van der Waals surface area (Å²) in [7, 11) is -2.84. The molecule has 0 unspecified atom stereocenters. The Morgan fingerprint density at radius 2 is 0.712 bits per heavy atom. The van der Waals surface area contributed by atoms with Gasteiger partial charge in [-0.15, -0.1) is 0 Å². The van der Waals surface area contributed by atoms with Gasteiger partial charge in [-0.25, -0.2) is 0 Å². The fourth-order valence-electron chi connectivity index (χ4n) is 9.26. The van der Waals surface area contributed by atoms with E-state index in [9.17, 15) is 0 Å². The molecule has 4 heterocycles. The average molecular weight is 680 g/mol. The summed E-state index contributed by atoms with van der Waals surface area (Å²) >= 11 is 0. The molecule has 0 saturated carbocycles. The van der Waals surface area contributed by atoms with Crippen LogP contribution in [-0.2, 0) is 0 Å². The van der Waals surface area contributed by atoms with Crippen molar-refractivity contribution in [3.05, 3.63) is 176 Å². The Labute approximate surface area is 298 Å². The lowest BCUT2D eigenvalue weighted by atomic mass is 10.0. The first-order valence-corrected chi connectivity index (χ1v) is 19.8. The van der Waals surface area contributed by atoms with Crippen molar-refractivity contribution in [2.45, 2.75) is 0 Å². The minimum atomic E-state index is -2.84. The highest BCUT2D eigenvalue weighted by molar-refractivity contribution is 7.20. The Morgan fingerprint density at radius 1 is 0.308 bits per heavy atom. The monoisotopic (exact) mass is 679 g/mol. The molecular weight excluding hydrogens is 651 g/mol. The van der Waals surface area contributed by atoms with Crippen LogP contribution in [0.4, 0.5) is 0 Å². The second kappa shape index (κ2) is 10.2. The van der Waals surface area contributed by atoms with Crippen molar-refractivity contribution in [1.82, 2.24) is 4.40 Å². The number of furan rings is 2. The van der Waals surface area contributed by atoms with Gasteiger partial charge in [0.15, 0.2) is 8.07 Å². The van der Waals surface area contributed by atoms with Crippen molar-refractivity contribution in [1.29, 1.82) is 0 Å².